The van der Waals surface area contributed by atoms with Crippen molar-refractivity contribution in [3.63, 3.8) is 0 Å². The van der Waals surface area contributed by atoms with Gasteiger partial charge in [-0.05, 0) is 18.3 Å². The summed E-state index contributed by atoms with van der Waals surface area (Å²) < 4.78 is 28.6. The molecule has 102 valence electrons. The normalized spacial score (nSPS) is 13.7. The van der Waals surface area contributed by atoms with Crippen LogP contribution < -0.4 is 4.72 Å². The fourth-order valence-corrected chi connectivity index (χ4v) is 2.08. The van der Waals surface area contributed by atoms with Crippen LogP contribution in [-0.4, -0.2) is 33.8 Å². The van der Waals surface area contributed by atoms with Crippen molar-refractivity contribution in [3.05, 3.63) is 0 Å². The van der Waals surface area contributed by atoms with Gasteiger partial charge in [0.15, 0.2) is 0 Å². The summed E-state index contributed by atoms with van der Waals surface area (Å²) in [6, 6.07) is 0. The van der Waals surface area contributed by atoms with Gasteiger partial charge in [0.1, 0.15) is 6.61 Å². The lowest BCUT2D eigenvalue weighted by Crippen LogP contribution is -2.27. The molecule has 0 rings (SSSR count). The van der Waals surface area contributed by atoms with Crippen molar-refractivity contribution in [2.75, 3.05) is 19.4 Å². The largest absolute Gasteiger partial charge is 0.464 e. The number of carbonyl (C=O) groups is 1. The number of sulfonamides is 1. The van der Waals surface area contributed by atoms with E-state index >= 15 is 0 Å². The van der Waals surface area contributed by atoms with Crippen LogP contribution in [0.1, 0.15) is 33.6 Å². The van der Waals surface area contributed by atoms with Crippen molar-refractivity contribution in [3.8, 4) is 0 Å². The summed E-state index contributed by atoms with van der Waals surface area (Å²) in [7, 11) is -3.20. The van der Waals surface area contributed by atoms with Gasteiger partial charge in [-0.3, -0.25) is 4.79 Å². The number of ether oxygens (including phenoxy) is 1. The third kappa shape index (κ3) is 11.6. The molecule has 5 nitrogen and oxygen atoms in total. The Morgan fingerprint density at radius 1 is 1.29 bits per heavy atom. The number of esters is 1. The van der Waals surface area contributed by atoms with Crippen LogP contribution in [-0.2, 0) is 19.6 Å². The molecule has 1 atom stereocenters. The molecule has 17 heavy (non-hydrogen) atoms. The number of hydrogen-bond donors (Lipinski definition) is 1. The maximum Gasteiger partial charge on any atom is 0.306 e. The lowest BCUT2D eigenvalue weighted by Gasteiger charge is -2.13. The summed E-state index contributed by atoms with van der Waals surface area (Å²) >= 11 is 0. The molecule has 0 aliphatic rings. The Hall–Kier alpha value is -0.620. The van der Waals surface area contributed by atoms with Crippen LogP contribution in [0.15, 0.2) is 0 Å². The monoisotopic (exact) mass is 265 g/mol. The Kier molecular flexibility index (Phi) is 7.38. The van der Waals surface area contributed by atoms with E-state index < -0.39 is 10.0 Å². The highest BCUT2D eigenvalue weighted by molar-refractivity contribution is 7.88. The van der Waals surface area contributed by atoms with Crippen LogP contribution in [0, 0.1) is 11.8 Å². The van der Waals surface area contributed by atoms with Crippen LogP contribution in [0.2, 0.25) is 0 Å². The van der Waals surface area contributed by atoms with Crippen molar-refractivity contribution in [1.29, 1.82) is 0 Å². The first-order chi connectivity index (χ1) is 7.70. The molecule has 0 saturated heterocycles. The van der Waals surface area contributed by atoms with Crippen LogP contribution in [0.3, 0.4) is 0 Å². The quantitative estimate of drug-likeness (QED) is 0.528. The average molecular weight is 265 g/mol. The zero-order valence-corrected chi connectivity index (χ0v) is 11.8. The van der Waals surface area contributed by atoms with Gasteiger partial charge in [-0.25, -0.2) is 13.1 Å². The summed E-state index contributed by atoms with van der Waals surface area (Å²) in [5.41, 5.74) is 0. The Morgan fingerprint density at radius 2 is 1.88 bits per heavy atom. The van der Waals surface area contributed by atoms with Crippen molar-refractivity contribution < 1.29 is 17.9 Å². The predicted molar refractivity (Wildman–Crippen MR) is 67.0 cm³/mol. The third-order valence-electron chi connectivity index (χ3n) is 2.12. The second kappa shape index (κ2) is 7.66. The van der Waals surface area contributed by atoms with E-state index in [-0.39, 0.29) is 19.1 Å². The molecular weight excluding hydrogens is 242 g/mol. The summed E-state index contributed by atoms with van der Waals surface area (Å²) in [5, 5.41) is 0. The van der Waals surface area contributed by atoms with Gasteiger partial charge in [0.05, 0.1) is 6.26 Å². The summed E-state index contributed by atoms with van der Waals surface area (Å²) in [6.07, 6.45) is 2.44. The molecule has 0 amide bonds. The lowest BCUT2D eigenvalue weighted by molar-refractivity contribution is -0.144. The maximum absolute atomic E-state index is 11.4. The highest BCUT2D eigenvalue weighted by atomic mass is 32.2. The number of nitrogens with one attached hydrogen (secondary N) is 1. The zero-order valence-electron chi connectivity index (χ0n) is 11.0. The first-order valence-electron chi connectivity index (χ1n) is 5.81. The molecule has 0 aliphatic carbocycles. The zero-order chi connectivity index (χ0) is 13.5. The number of hydrogen-bond acceptors (Lipinski definition) is 4. The molecule has 1 N–H and O–H groups in total. The third-order valence-corrected chi connectivity index (χ3v) is 2.85. The van der Waals surface area contributed by atoms with Crippen molar-refractivity contribution >= 4 is 16.0 Å². The van der Waals surface area contributed by atoms with E-state index in [2.05, 4.69) is 18.6 Å². The maximum atomic E-state index is 11.4. The molecule has 0 aliphatic heterocycles. The van der Waals surface area contributed by atoms with Crippen molar-refractivity contribution in [2.24, 2.45) is 11.8 Å². The van der Waals surface area contributed by atoms with Gasteiger partial charge >= 0.3 is 5.97 Å². The average Bonchev–Trinajstić information content (AvgIpc) is 2.09. The highest BCUT2D eigenvalue weighted by Gasteiger charge is 2.11. The Labute approximate surface area is 104 Å². The molecule has 0 aromatic heterocycles. The molecule has 6 heteroatoms. The first kappa shape index (κ1) is 16.4. The summed E-state index contributed by atoms with van der Waals surface area (Å²) in [6.45, 7) is 6.44. The van der Waals surface area contributed by atoms with E-state index in [0.29, 0.717) is 18.3 Å². The summed E-state index contributed by atoms with van der Waals surface area (Å²) in [5.74, 6) is 0.587. The topological polar surface area (TPSA) is 72.5 Å². The molecule has 0 aromatic rings. The SMILES string of the molecule is CC(C)C[C@@H](C)CC(=O)OCCNS(C)(=O)=O. The molecule has 0 bridgehead atoms. The molecule has 0 unspecified atom stereocenters. The summed E-state index contributed by atoms with van der Waals surface area (Å²) in [4.78, 5) is 11.4. The van der Waals surface area contributed by atoms with Gasteiger partial charge in [-0.2, -0.15) is 0 Å². The molecule has 0 heterocycles. The molecule has 0 saturated carbocycles. The van der Waals surface area contributed by atoms with E-state index in [4.69, 9.17) is 4.74 Å². The van der Waals surface area contributed by atoms with Gasteiger partial charge in [0.25, 0.3) is 0 Å². The minimum atomic E-state index is -3.20. The predicted octanol–water partition coefficient (Wildman–Crippen LogP) is 1.15. The second-order valence-electron chi connectivity index (χ2n) is 4.83. The minimum absolute atomic E-state index is 0.0836. The van der Waals surface area contributed by atoms with Crippen molar-refractivity contribution in [1.82, 2.24) is 4.72 Å². The highest BCUT2D eigenvalue weighted by Crippen LogP contribution is 2.14. The Balaban J connectivity index is 3.66. The number of rotatable bonds is 8. The fraction of sp³-hybridized carbons (Fsp3) is 0.909. The fourth-order valence-electron chi connectivity index (χ4n) is 1.62. The van der Waals surface area contributed by atoms with Crippen LogP contribution in [0.25, 0.3) is 0 Å². The number of carbonyl (C=O) groups excluding carboxylic acids is 1. The standard InChI is InChI=1S/C11H23NO4S/c1-9(2)7-10(3)8-11(13)16-6-5-12-17(4,14)15/h9-10,12H,5-8H2,1-4H3/t10-/m1/s1. The molecular formula is C11H23NO4S. The van der Waals surface area contributed by atoms with Gasteiger partial charge in [-0.15, -0.1) is 0 Å². The van der Waals surface area contributed by atoms with Crippen LogP contribution in [0.4, 0.5) is 0 Å². The van der Waals surface area contributed by atoms with Crippen LogP contribution >= 0.6 is 0 Å². The minimum Gasteiger partial charge on any atom is -0.464 e. The van der Waals surface area contributed by atoms with Gasteiger partial charge in [0.2, 0.25) is 10.0 Å². The van der Waals surface area contributed by atoms with Crippen LogP contribution in [0.5, 0.6) is 0 Å². The van der Waals surface area contributed by atoms with E-state index in [1.165, 1.54) is 0 Å². The van der Waals surface area contributed by atoms with Gasteiger partial charge in [0, 0.05) is 13.0 Å². The molecule has 0 aromatic carbocycles. The first-order valence-corrected chi connectivity index (χ1v) is 7.70. The Morgan fingerprint density at radius 3 is 2.35 bits per heavy atom. The second-order valence-corrected chi connectivity index (χ2v) is 6.66. The Bertz CT molecular complexity index is 324. The van der Waals surface area contributed by atoms with Gasteiger partial charge < -0.3 is 4.74 Å². The van der Waals surface area contributed by atoms with Crippen molar-refractivity contribution in [2.45, 2.75) is 33.6 Å². The van der Waals surface area contributed by atoms with E-state index in [1.807, 2.05) is 6.92 Å². The lowest BCUT2D eigenvalue weighted by atomic mass is 9.96. The van der Waals surface area contributed by atoms with E-state index in [0.717, 1.165) is 12.7 Å². The van der Waals surface area contributed by atoms with E-state index in [9.17, 15) is 13.2 Å². The molecule has 0 fully saturated rings. The molecule has 0 radical (unpaired) electrons. The molecule has 0 spiro atoms. The van der Waals surface area contributed by atoms with Gasteiger partial charge in [-0.1, -0.05) is 20.8 Å². The van der Waals surface area contributed by atoms with E-state index in [1.54, 1.807) is 0 Å². The smallest absolute Gasteiger partial charge is 0.306 e.